The number of nitrogens with zero attached hydrogens (tertiary/aromatic N) is 3. The lowest BCUT2D eigenvalue weighted by molar-refractivity contribution is -0.119. The van der Waals surface area contributed by atoms with Gasteiger partial charge in [-0.3, -0.25) is 14.3 Å². The molecule has 2 aromatic rings. The van der Waals surface area contributed by atoms with Gasteiger partial charge in [-0.2, -0.15) is 5.10 Å². The number of hydrogen-bond acceptors (Lipinski definition) is 3. The van der Waals surface area contributed by atoms with Crippen LogP contribution in [0.15, 0.2) is 18.3 Å². The third kappa shape index (κ3) is 4.49. The number of aromatic nitrogens is 2. The SMILES string of the molecule is CON(C(=O)c1cn(C)nc1C(C)F)C(C)Cc1c(Cl)cc(Cl)cc1Cl. The van der Waals surface area contributed by atoms with E-state index in [9.17, 15) is 9.18 Å². The summed E-state index contributed by atoms with van der Waals surface area (Å²) in [7, 11) is 2.99. The van der Waals surface area contributed by atoms with Gasteiger partial charge in [0.1, 0.15) is 11.9 Å². The molecule has 5 nitrogen and oxygen atoms in total. The number of amides is 1. The summed E-state index contributed by atoms with van der Waals surface area (Å²) in [5.74, 6) is -0.492. The van der Waals surface area contributed by atoms with Crippen LogP contribution in [0.25, 0.3) is 0 Å². The van der Waals surface area contributed by atoms with Crippen LogP contribution in [0, 0.1) is 0 Å². The summed E-state index contributed by atoms with van der Waals surface area (Å²) in [6.07, 6.45) is 0.411. The first kappa shape index (κ1) is 21.0. The van der Waals surface area contributed by atoms with Gasteiger partial charge in [-0.1, -0.05) is 34.8 Å². The summed E-state index contributed by atoms with van der Waals surface area (Å²) in [5, 5.41) is 6.39. The molecule has 26 heavy (non-hydrogen) atoms. The molecule has 2 unspecified atom stereocenters. The molecular weight excluding hydrogens is 404 g/mol. The fourth-order valence-corrected chi connectivity index (χ4v) is 3.66. The van der Waals surface area contributed by atoms with Gasteiger partial charge in [0.05, 0.1) is 18.7 Å². The van der Waals surface area contributed by atoms with Crippen molar-refractivity contribution in [1.82, 2.24) is 14.8 Å². The van der Waals surface area contributed by atoms with Crippen molar-refractivity contribution >= 4 is 40.7 Å². The number of aryl methyl sites for hydroxylation is 1. The van der Waals surface area contributed by atoms with Crippen LogP contribution < -0.4 is 0 Å². The van der Waals surface area contributed by atoms with Crippen LogP contribution in [0.3, 0.4) is 0 Å². The fraction of sp³-hybridized carbons (Fsp3) is 0.412. The maximum atomic E-state index is 13.8. The number of rotatable bonds is 6. The Morgan fingerprint density at radius 1 is 1.31 bits per heavy atom. The molecule has 0 spiro atoms. The Kier molecular flexibility index (Phi) is 6.91. The molecule has 142 valence electrons. The number of carbonyl (C=O) groups excluding carboxylic acids is 1. The predicted octanol–water partition coefficient (Wildman–Crippen LogP) is 5.05. The van der Waals surface area contributed by atoms with E-state index in [4.69, 9.17) is 39.6 Å². The first-order valence-electron chi connectivity index (χ1n) is 7.84. The predicted molar refractivity (Wildman–Crippen MR) is 101 cm³/mol. The number of halogens is 4. The average Bonchev–Trinajstić information content (AvgIpc) is 2.93. The largest absolute Gasteiger partial charge is 0.281 e. The van der Waals surface area contributed by atoms with E-state index in [1.54, 1.807) is 26.1 Å². The first-order valence-corrected chi connectivity index (χ1v) is 8.97. The highest BCUT2D eigenvalue weighted by Crippen LogP contribution is 2.31. The Balaban J connectivity index is 2.29. The maximum Gasteiger partial charge on any atom is 0.281 e. The molecule has 0 aliphatic rings. The van der Waals surface area contributed by atoms with Gasteiger partial charge < -0.3 is 0 Å². The first-order chi connectivity index (χ1) is 12.1. The Labute approximate surface area is 166 Å². The van der Waals surface area contributed by atoms with Crippen LogP contribution in [0.4, 0.5) is 4.39 Å². The zero-order chi connectivity index (χ0) is 19.6. The van der Waals surface area contributed by atoms with Crippen molar-refractivity contribution in [2.75, 3.05) is 7.11 Å². The highest BCUT2D eigenvalue weighted by atomic mass is 35.5. The van der Waals surface area contributed by atoms with Crippen LogP contribution >= 0.6 is 34.8 Å². The summed E-state index contributed by atoms with van der Waals surface area (Å²) in [6.45, 7) is 3.10. The van der Waals surface area contributed by atoms with E-state index in [-0.39, 0.29) is 11.3 Å². The highest BCUT2D eigenvalue weighted by Gasteiger charge is 2.29. The van der Waals surface area contributed by atoms with Gasteiger partial charge in [0.2, 0.25) is 0 Å². The van der Waals surface area contributed by atoms with Crippen LogP contribution in [0.1, 0.15) is 41.6 Å². The number of benzene rings is 1. The molecule has 1 heterocycles. The zero-order valence-electron chi connectivity index (χ0n) is 14.8. The van der Waals surface area contributed by atoms with Crippen molar-refractivity contribution in [3.8, 4) is 0 Å². The monoisotopic (exact) mass is 421 g/mol. The standard InChI is InChI=1S/C17H19Cl3FN3O2/c1-9(5-12-14(19)6-11(18)7-15(12)20)24(26-4)17(25)13-8-23(3)22-16(13)10(2)21/h6-10H,5H2,1-4H3. The normalized spacial score (nSPS) is 13.5. The van der Waals surface area contributed by atoms with E-state index < -0.39 is 18.1 Å². The van der Waals surface area contributed by atoms with Crippen molar-refractivity contribution in [3.05, 3.63) is 50.2 Å². The molecule has 1 aromatic carbocycles. The van der Waals surface area contributed by atoms with E-state index in [1.807, 2.05) is 0 Å². The average molecular weight is 423 g/mol. The topological polar surface area (TPSA) is 47.4 Å². The smallest absolute Gasteiger partial charge is 0.275 e. The van der Waals surface area contributed by atoms with E-state index in [1.165, 1.54) is 24.9 Å². The van der Waals surface area contributed by atoms with Crippen molar-refractivity contribution in [3.63, 3.8) is 0 Å². The summed E-state index contributed by atoms with van der Waals surface area (Å²) in [4.78, 5) is 18.1. The molecule has 0 bridgehead atoms. The van der Waals surface area contributed by atoms with Gasteiger partial charge in [-0.25, -0.2) is 9.45 Å². The number of alkyl halides is 1. The second kappa shape index (κ2) is 8.57. The molecule has 2 atom stereocenters. The second-order valence-corrected chi connectivity index (χ2v) is 7.18. The lowest BCUT2D eigenvalue weighted by Crippen LogP contribution is -2.39. The molecule has 1 amide bonds. The molecule has 1 aromatic heterocycles. The number of hydrogen-bond donors (Lipinski definition) is 0. The molecule has 9 heteroatoms. The maximum absolute atomic E-state index is 13.8. The zero-order valence-corrected chi connectivity index (χ0v) is 17.0. The van der Waals surface area contributed by atoms with Gasteiger partial charge in [-0.15, -0.1) is 0 Å². The minimum atomic E-state index is -1.38. The molecular formula is C17H19Cl3FN3O2. The van der Waals surface area contributed by atoms with Crippen molar-refractivity contribution in [2.45, 2.75) is 32.5 Å². The van der Waals surface area contributed by atoms with Crippen molar-refractivity contribution in [2.24, 2.45) is 7.05 Å². The Morgan fingerprint density at radius 3 is 2.38 bits per heavy atom. The van der Waals surface area contributed by atoms with Gasteiger partial charge >= 0.3 is 0 Å². The molecule has 0 fully saturated rings. The van der Waals surface area contributed by atoms with Gasteiger partial charge in [0, 0.05) is 28.3 Å². The lowest BCUT2D eigenvalue weighted by atomic mass is 10.1. The summed E-state index contributed by atoms with van der Waals surface area (Å²) < 4.78 is 15.2. The van der Waals surface area contributed by atoms with E-state index in [0.717, 1.165) is 5.06 Å². The van der Waals surface area contributed by atoms with Crippen molar-refractivity contribution in [1.29, 1.82) is 0 Å². The quantitative estimate of drug-likeness (QED) is 0.612. The molecule has 0 saturated carbocycles. The third-order valence-electron chi connectivity index (χ3n) is 3.87. The van der Waals surface area contributed by atoms with Crippen LogP contribution in [0.2, 0.25) is 15.1 Å². The minimum Gasteiger partial charge on any atom is -0.275 e. The second-order valence-electron chi connectivity index (χ2n) is 5.93. The van der Waals surface area contributed by atoms with Gasteiger partial charge in [-0.05, 0) is 38.0 Å². The lowest BCUT2D eigenvalue weighted by Gasteiger charge is -2.27. The van der Waals surface area contributed by atoms with E-state index >= 15 is 0 Å². The Bertz CT molecular complexity index is 788. The molecule has 0 aliphatic carbocycles. The Morgan fingerprint density at radius 2 is 1.88 bits per heavy atom. The fourth-order valence-electron chi connectivity index (χ4n) is 2.69. The molecule has 2 rings (SSSR count). The summed E-state index contributed by atoms with van der Waals surface area (Å²) >= 11 is 18.4. The number of hydroxylamine groups is 2. The van der Waals surface area contributed by atoms with Crippen LogP contribution in [-0.4, -0.2) is 33.9 Å². The number of carbonyl (C=O) groups is 1. The van der Waals surface area contributed by atoms with E-state index in [2.05, 4.69) is 5.10 Å². The minimum absolute atomic E-state index is 0.0642. The van der Waals surface area contributed by atoms with Crippen LogP contribution in [0.5, 0.6) is 0 Å². The highest BCUT2D eigenvalue weighted by molar-refractivity contribution is 6.39. The Hall–Kier alpha value is -1.34. The summed E-state index contributed by atoms with van der Waals surface area (Å²) in [6, 6.07) is 2.74. The molecule has 0 aliphatic heterocycles. The third-order valence-corrected chi connectivity index (χ3v) is 4.76. The van der Waals surface area contributed by atoms with Gasteiger partial charge in [0.15, 0.2) is 0 Å². The van der Waals surface area contributed by atoms with Gasteiger partial charge in [0.25, 0.3) is 5.91 Å². The molecule has 0 radical (unpaired) electrons. The summed E-state index contributed by atoms with van der Waals surface area (Å²) in [5.41, 5.74) is 0.851. The van der Waals surface area contributed by atoms with Crippen LogP contribution in [-0.2, 0) is 18.3 Å². The molecule has 0 N–H and O–H groups in total. The molecule has 0 saturated heterocycles. The van der Waals surface area contributed by atoms with E-state index in [0.29, 0.717) is 27.1 Å². The van der Waals surface area contributed by atoms with Crippen molar-refractivity contribution < 1.29 is 14.0 Å².